The van der Waals surface area contributed by atoms with Gasteiger partial charge in [-0.15, -0.1) is 0 Å². The average molecular weight is 432 g/mol. The summed E-state index contributed by atoms with van der Waals surface area (Å²) in [5.41, 5.74) is 11.1. The lowest BCUT2D eigenvalue weighted by Gasteiger charge is -2.20. The van der Waals surface area contributed by atoms with Crippen molar-refractivity contribution < 1.29 is 0 Å². The number of hydrogen-bond acceptors (Lipinski definition) is 4. The molecule has 6 heteroatoms. The number of nitrogens with two attached hydrogens (primary N) is 1. The van der Waals surface area contributed by atoms with E-state index < -0.39 is 0 Å². The van der Waals surface area contributed by atoms with Gasteiger partial charge >= 0.3 is 0 Å². The van der Waals surface area contributed by atoms with E-state index in [1.54, 1.807) is 0 Å². The summed E-state index contributed by atoms with van der Waals surface area (Å²) in [6.45, 7) is 2.09. The van der Waals surface area contributed by atoms with Crippen LogP contribution in [0, 0.1) is 11.3 Å². The summed E-state index contributed by atoms with van der Waals surface area (Å²) in [5, 5.41) is 14.7. The van der Waals surface area contributed by atoms with Gasteiger partial charge in [0.1, 0.15) is 23.1 Å². The van der Waals surface area contributed by atoms with Gasteiger partial charge in [0, 0.05) is 18.7 Å². The maximum atomic E-state index is 9.81. The Balaban J connectivity index is 1.59. The lowest BCUT2D eigenvalue weighted by atomic mass is 10.0. The number of benzene rings is 2. The normalized spacial score (nSPS) is 18.0. The number of rotatable bonds is 4. The average Bonchev–Trinajstić information content (AvgIpc) is 3.17. The Hall–Kier alpha value is -2.67. The topological polar surface area (TPSA) is 70.9 Å². The molecule has 0 radical (unpaired) electrons. The fourth-order valence-corrected chi connectivity index (χ4v) is 4.67. The first-order valence-electron chi connectivity index (χ1n) is 11.1. The predicted molar refractivity (Wildman–Crippen MR) is 129 cm³/mol. The van der Waals surface area contributed by atoms with Gasteiger partial charge in [0.15, 0.2) is 0 Å². The number of anilines is 1. The monoisotopic (exact) mass is 431 g/mol. The zero-order valence-electron chi connectivity index (χ0n) is 17.9. The van der Waals surface area contributed by atoms with Crippen molar-refractivity contribution in [1.82, 2.24) is 14.5 Å². The first-order valence-corrected chi connectivity index (χ1v) is 11.6. The van der Waals surface area contributed by atoms with Crippen LogP contribution in [0.15, 0.2) is 54.6 Å². The summed E-state index contributed by atoms with van der Waals surface area (Å²) < 4.78 is 4.21. The van der Waals surface area contributed by atoms with Gasteiger partial charge in [0.2, 0.25) is 0 Å². The minimum atomic E-state index is 0.222. The molecule has 3 aromatic rings. The van der Waals surface area contributed by atoms with E-state index in [4.69, 9.17) is 10.8 Å². The number of hydrogen-bond donors (Lipinski definition) is 1. The largest absolute Gasteiger partial charge is 0.383 e. The van der Waals surface area contributed by atoms with Crippen LogP contribution in [0.25, 0.3) is 11.3 Å². The Kier molecular flexibility index (Phi) is 7.02. The third-order valence-corrected chi connectivity index (χ3v) is 6.63. The van der Waals surface area contributed by atoms with Gasteiger partial charge in [-0.3, -0.25) is 4.67 Å². The van der Waals surface area contributed by atoms with Crippen LogP contribution in [0.5, 0.6) is 0 Å². The number of nitriles is 1. The van der Waals surface area contributed by atoms with E-state index in [9.17, 15) is 5.26 Å². The Morgan fingerprint density at radius 2 is 1.71 bits per heavy atom. The molecule has 1 saturated heterocycles. The molecule has 5 nitrogen and oxygen atoms in total. The van der Waals surface area contributed by atoms with Crippen molar-refractivity contribution in [2.24, 2.45) is 0 Å². The van der Waals surface area contributed by atoms with Crippen molar-refractivity contribution in [2.45, 2.75) is 44.6 Å². The van der Waals surface area contributed by atoms with Crippen LogP contribution in [0.1, 0.15) is 54.8 Å². The van der Waals surface area contributed by atoms with E-state index in [0.717, 1.165) is 44.3 Å². The third kappa shape index (κ3) is 5.15. The zero-order chi connectivity index (χ0) is 21.6. The van der Waals surface area contributed by atoms with Crippen molar-refractivity contribution in [1.29, 1.82) is 5.26 Å². The van der Waals surface area contributed by atoms with E-state index in [1.807, 2.05) is 10.7 Å². The van der Waals surface area contributed by atoms with E-state index in [-0.39, 0.29) is 6.04 Å². The second-order valence-electron chi connectivity index (χ2n) is 8.35. The van der Waals surface area contributed by atoms with Crippen molar-refractivity contribution in [3.8, 4) is 17.3 Å². The lowest BCUT2D eigenvalue weighted by molar-refractivity contribution is 0.366. The highest BCUT2D eigenvalue weighted by molar-refractivity contribution is 7.13. The minimum Gasteiger partial charge on any atom is -0.383 e. The van der Waals surface area contributed by atoms with E-state index in [0.29, 0.717) is 17.1 Å². The van der Waals surface area contributed by atoms with Gasteiger partial charge in [-0.25, -0.2) is 4.68 Å². The molecule has 2 unspecified atom stereocenters. The molecule has 2 N–H and O–H groups in total. The van der Waals surface area contributed by atoms with Crippen molar-refractivity contribution >= 4 is 15.2 Å². The van der Waals surface area contributed by atoms with Crippen LogP contribution in [0.2, 0.25) is 0 Å². The van der Waals surface area contributed by atoms with Crippen LogP contribution in [0.3, 0.4) is 0 Å². The molecule has 1 aliphatic heterocycles. The van der Waals surface area contributed by atoms with Gasteiger partial charge in [0.25, 0.3) is 0 Å². The van der Waals surface area contributed by atoms with Crippen LogP contribution in [-0.4, -0.2) is 27.5 Å². The second kappa shape index (κ2) is 10.1. The van der Waals surface area contributed by atoms with Crippen molar-refractivity contribution in [3.05, 3.63) is 71.3 Å². The Bertz CT molecular complexity index is 1040. The quantitative estimate of drug-likeness (QED) is 0.577. The second-order valence-corrected chi connectivity index (χ2v) is 9.08. The van der Waals surface area contributed by atoms with Crippen molar-refractivity contribution in [2.75, 3.05) is 18.8 Å². The lowest BCUT2D eigenvalue weighted by Crippen LogP contribution is -2.19. The summed E-state index contributed by atoms with van der Waals surface area (Å²) in [4.78, 5) is 0. The number of aromatic nitrogens is 2. The Morgan fingerprint density at radius 1 is 0.968 bits per heavy atom. The summed E-state index contributed by atoms with van der Waals surface area (Å²) in [5.74, 6) is 0.491. The van der Waals surface area contributed by atoms with Crippen LogP contribution >= 0.6 is 9.39 Å². The number of nitrogen functional groups attached to an aromatic ring is 1. The molecule has 1 aromatic heterocycles. The smallest absolute Gasteiger partial charge is 0.140 e. The van der Waals surface area contributed by atoms with Gasteiger partial charge in [-0.2, -0.15) is 10.4 Å². The van der Waals surface area contributed by atoms with Crippen LogP contribution in [0.4, 0.5) is 5.82 Å². The maximum absolute atomic E-state index is 9.81. The predicted octanol–water partition coefficient (Wildman–Crippen LogP) is 5.19. The summed E-state index contributed by atoms with van der Waals surface area (Å²) in [7, 11) is 2.83. The highest BCUT2D eigenvalue weighted by Gasteiger charge is 2.23. The molecule has 1 aliphatic rings. The summed E-state index contributed by atoms with van der Waals surface area (Å²) in [6.07, 6.45) is 6.50. The zero-order valence-corrected chi connectivity index (χ0v) is 19.0. The van der Waals surface area contributed by atoms with Gasteiger partial charge in [-0.05, 0) is 36.8 Å². The molecule has 2 aromatic carbocycles. The molecule has 4 rings (SSSR count). The van der Waals surface area contributed by atoms with E-state index in [1.165, 1.54) is 24.0 Å². The van der Waals surface area contributed by atoms with Gasteiger partial charge in [0.05, 0.1) is 6.04 Å². The SMILES string of the molecule is N#Cc1c(-c2ccc(Cc3ccccc3)cc2)nn(C2CCCCCN(P)CC2)c1N. The molecule has 1 fully saturated rings. The molecule has 0 bridgehead atoms. The molecule has 2 heterocycles. The molecule has 0 amide bonds. The highest BCUT2D eigenvalue weighted by Crippen LogP contribution is 2.32. The Morgan fingerprint density at radius 3 is 2.45 bits per heavy atom. The molecular formula is C25H30N5P. The molecule has 0 spiro atoms. The number of nitrogens with zero attached hydrogens (tertiary/aromatic N) is 4. The molecule has 0 aliphatic carbocycles. The highest BCUT2D eigenvalue weighted by atomic mass is 31.0. The van der Waals surface area contributed by atoms with E-state index in [2.05, 4.69) is 68.7 Å². The Labute approximate surface area is 187 Å². The molecule has 2 atom stereocenters. The fourth-order valence-electron chi connectivity index (χ4n) is 4.34. The van der Waals surface area contributed by atoms with Gasteiger partial charge < -0.3 is 5.73 Å². The van der Waals surface area contributed by atoms with Crippen molar-refractivity contribution in [3.63, 3.8) is 0 Å². The minimum absolute atomic E-state index is 0.222. The molecule has 31 heavy (non-hydrogen) atoms. The molecular weight excluding hydrogens is 401 g/mol. The summed E-state index contributed by atoms with van der Waals surface area (Å²) in [6, 6.07) is 21.3. The molecule has 0 saturated carbocycles. The molecule has 160 valence electrons. The standard InChI is InChI=1S/C25H30N5P/c26-18-23-24(21-12-10-20(11-13-21)17-19-7-3-1-4-8-19)28-30(25(23)27)22-9-5-2-6-15-29(31)16-14-22/h1,3-4,7-8,10-13,22H,2,5-6,9,14-17,27,31H2. The van der Waals surface area contributed by atoms with Crippen LogP contribution in [-0.2, 0) is 6.42 Å². The van der Waals surface area contributed by atoms with Gasteiger partial charge in [-0.1, -0.05) is 76.8 Å². The first kappa shape index (κ1) is 21.6. The third-order valence-electron chi connectivity index (χ3n) is 6.12. The maximum Gasteiger partial charge on any atom is 0.140 e. The summed E-state index contributed by atoms with van der Waals surface area (Å²) >= 11 is 0. The fraction of sp³-hybridized carbons (Fsp3) is 0.360. The first-order chi connectivity index (χ1) is 15.2. The van der Waals surface area contributed by atoms with E-state index >= 15 is 0 Å². The van der Waals surface area contributed by atoms with Crippen LogP contribution < -0.4 is 5.73 Å².